The summed E-state index contributed by atoms with van der Waals surface area (Å²) in [5.41, 5.74) is 0. The van der Waals surface area contributed by atoms with Crippen LogP contribution in [0.15, 0.2) is 34.7 Å². The maximum absolute atomic E-state index is 3.36. The Morgan fingerprint density at radius 2 is 1.05 bits per heavy atom. The molecule has 2 rings (SSSR count). The van der Waals surface area contributed by atoms with Crippen LogP contribution in [-0.4, -0.2) is 16.1 Å². The van der Waals surface area contributed by atoms with Crippen molar-refractivity contribution in [1.29, 1.82) is 0 Å². The van der Waals surface area contributed by atoms with Crippen LogP contribution in [0.25, 0.3) is 0 Å². The third-order valence-corrected chi connectivity index (χ3v) is 6.92. The average molecular weight is 361 g/mol. The smallest absolute Gasteiger partial charge is 0.0393 e. The Hall–Kier alpha value is 0.268. The summed E-state index contributed by atoms with van der Waals surface area (Å²) in [5, 5.41) is 2.98. The number of hydrogen-bond acceptors (Lipinski definition) is 0. The van der Waals surface area contributed by atoms with E-state index >= 15 is 0 Å². The summed E-state index contributed by atoms with van der Waals surface area (Å²) < 4.78 is 0. The molecule has 2 aliphatic carbocycles. The minimum absolute atomic E-state index is 0. The predicted octanol–water partition coefficient (Wildman–Crippen LogP) is 2.11. The summed E-state index contributed by atoms with van der Waals surface area (Å²) in [7, 11) is -2.01. The zero-order chi connectivity index (χ0) is 13.8. The molecule has 1 radical (unpaired) electrons. The van der Waals surface area contributed by atoms with Crippen molar-refractivity contribution in [2.75, 3.05) is 0 Å². The molecule has 2 aliphatic rings. The van der Waals surface area contributed by atoms with Crippen LogP contribution in [0, 0.1) is 12.2 Å². The second-order valence-corrected chi connectivity index (χ2v) is 17.0. The number of halogens is 1. The van der Waals surface area contributed by atoms with Crippen LogP contribution >= 0.6 is 0 Å². The minimum Gasteiger partial charge on any atom is -1.00 e. The van der Waals surface area contributed by atoms with Gasteiger partial charge >= 0.3 is 0 Å². The van der Waals surface area contributed by atoms with Gasteiger partial charge in [-0.25, -0.2) is 22.5 Å². The molecule has 113 valence electrons. The van der Waals surface area contributed by atoms with E-state index in [1.807, 2.05) is 0 Å². The molecule has 0 saturated carbocycles. The fraction of sp³-hybridized carbons (Fsp3) is 0.500. The van der Waals surface area contributed by atoms with Gasteiger partial charge in [0.1, 0.15) is 0 Å². The van der Waals surface area contributed by atoms with Crippen molar-refractivity contribution in [3.8, 4) is 0 Å². The summed E-state index contributed by atoms with van der Waals surface area (Å²) in [4.78, 5) is 0. The average Bonchev–Trinajstić information content (AvgIpc) is 2.91. The predicted molar refractivity (Wildman–Crippen MR) is 87.7 cm³/mol. The van der Waals surface area contributed by atoms with Gasteiger partial charge in [-0.15, -0.1) is 12.8 Å². The van der Waals surface area contributed by atoms with Crippen LogP contribution in [0.3, 0.4) is 0 Å². The second-order valence-electron chi connectivity index (χ2n) is 6.89. The van der Waals surface area contributed by atoms with Gasteiger partial charge in [-0.3, -0.25) is 12.2 Å². The van der Waals surface area contributed by atoms with Crippen LogP contribution in [0.1, 0.15) is 12.8 Å². The Bertz CT molecular complexity index is 367. The van der Waals surface area contributed by atoms with Gasteiger partial charge in [0, 0.05) is 34.7 Å². The topological polar surface area (TPSA) is 0 Å². The largest absolute Gasteiger partial charge is 1.00 e. The van der Waals surface area contributed by atoms with E-state index in [9.17, 15) is 0 Å². The second kappa shape index (κ2) is 9.32. The first-order valence-electron chi connectivity index (χ1n) is 6.77. The summed E-state index contributed by atoms with van der Waals surface area (Å²) in [6.07, 6.45) is 17.6. The molecule has 0 bridgehead atoms. The van der Waals surface area contributed by atoms with Crippen LogP contribution < -0.4 is 12.4 Å². The molecule has 0 amide bonds. The summed E-state index contributed by atoms with van der Waals surface area (Å²) in [5.74, 6) is 0. The van der Waals surface area contributed by atoms with Gasteiger partial charge in [0.25, 0.3) is 0 Å². The maximum Gasteiger partial charge on any atom is 0.0393 e. The first-order valence-corrected chi connectivity index (χ1v) is 13.8. The van der Waals surface area contributed by atoms with Crippen LogP contribution in [0.2, 0.25) is 39.3 Å². The molecular formula is C16H26ClSi2V-3. The molecule has 4 heteroatoms. The molecule has 0 atom stereocenters. The van der Waals surface area contributed by atoms with Gasteiger partial charge in [-0.1, -0.05) is 39.3 Å². The zero-order valence-electron chi connectivity index (χ0n) is 13.5. The third-order valence-electron chi connectivity index (χ3n) is 3.01. The van der Waals surface area contributed by atoms with Gasteiger partial charge in [0.05, 0.1) is 0 Å². The molecular weight excluding hydrogens is 335 g/mol. The summed E-state index contributed by atoms with van der Waals surface area (Å²) in [6.45, 7) is 14.1. The Balaban J connectivity index is 0. The molecule has 20 heavy (non-hydrogen) atoms. The fourth-order valence-electron chi connectivity index (χ4n) is 1.84. The summed E-state index contributed by atoms with van der Waals surface area (Å²) in [6, 6.07) is 0. The first kappa shape index (κ1) is 22.5. The molecule has 0 aromatic carbocycles. The molecule has 0 saturated heterocycles. The van der Waals surface area contributed by atoms with Crippen molar-refractivity contribution in [1.82, 2.24) is 0 Å². The van der Waals surface area contributed by atoms with Crippen molar-refractivity contribution in [2.24, 2.45) is 0 Å². The van der Waals surface area contributed by atoms with Crippen LogP contribution in [0.4, 0.5) is 0 Å². The molecule has 0 unspecified atom stereocenters. The van der Waals surface area contributed by atoms with E-state index in [4.69, 9.17) is 0 Å². The van der Waals surface area contributed by atoms with E-state index in [0.717, 1.165) is 12.8 Å². The van der Waals surface area contributed by atoms with Gasteiger partial charge in [-0.2, -0.15) is 12.2 Å². The maximum atomic E-state index is 3.36. The molecule has 0 aromatic rings. The number of rotatable bonds is 2. The molecule has 0 aliphatic heterocycles. The van der Waals surface area contributed by atoms with Crippen molar-refractivity contribution in [3.05, 3.63) is 46.8 Å². The van der Waals surface area contributed by atoms with Crippen molar-refractivity contribution in [2.45, 2.75) is 52.1 Å². The summed E-state index contributed by atoms with van der Waals surface area (Å²) >= 11 is 0. The Labute approximate surface area is 145 Å². The van der Waals surface area contributed by atoms with Gasteiger partial charge < -0.3 is 12.4 Å². The van der Waals surface area contributed by atoms with E-state index in [1.165, 1.54) is 10.4 Å². The van der Waals surface area contributed by atoms with Crippen molar-refractivity contribution >= 4 is 16.1 Å². The van der Waals surface area contributed by atoms with Gasteiger partial charge in [0.15, 0.2) is 0 Å². The van der Waals surface area contributed by atoms with Crippen LogP contribution in [-0.2, 0) is 18.6 Å². The molecule has 0 spiro atoms. The third kappa shape index (κ3) is 7.89. The Morgan fingerprint density at radius 1 is 0.750 bits per heavy atom. The van der Waals surface area contributed by atoms with Crippen molar-refractivity contribution < 1.29 is 31.0 Å². The molecule has 0 fully saturated rings. The standard InChI is InChI=1S/2C8H13Si.ClH.V/c2*1-9(2,3)8-6-4-5-7-8;;/h2*4,6H,5H2,1-3H3;1H;/q2*-1;;/p-1. The first-order chi connectivity index (χ1) is 8.21. The molecule has 0 nitrogen and oxygen atoms in total. The monoisotopic (exact) mass is 360 g/mol. The molecule has 0 N–H and O–H groups in total. The Kier molecular flexibility index (Phi) is 10.5. The molecule has 0 aromatic heterocycles. The van der Waals surface area contributed by atoms with E-state index in [1.54, 1.807) is 0 Å². The SMILES string of the molecule is C[Si](C)(C)C1=[C-]CC=C1.C[Si](C)(C)C1=[C-]CC=C1.[Cl-].[V]. The van der Waals surface area contributed by atoms with E-state index < -0.39 is 16.1 Å². The molecule has 0 heterocycles. The number of allylic oxidation sites excluding steroid dienone is 8. The minimum atomic E-state index is -1.01. The van der Waals surface area contributed by atoms with E-state index in [0.29, 0.717) is 0 Å². The normalized spacial score (nSPS) is 16.5. The van der Waals surface area contributed by atoms with Crippen molar-refractivity contribution in [3.63, 3.8) is 0 Å². The zero-order valence-corrected chi connectivity index (χ0v) is 17.7. The van der Waals surface area contributed by atoms with E-state index in [-0.39, 0.29) is 31.0 Å². The fourth-order valence-corrected chi connectivity index (χ4v) is 4.34. The Morgan fingerprint density at radius 3 is 1.15 bits per heavy atom. The number of hydrogen-bond donors (Lipinski definition) is 0. The van der Waals surface area contributed by atoms with Gasteiger partial charge in [0.2, 0.25) is 0 Å². The van der Waals surface area contributed by atoms with Gasteiger partial charge in [-0.05, 0) is 0 Å². The van der Waals surface area contributed by atoms with Crippen LogP contribution in [0.5, 0.6) is 0 Å². The quantitative estimate of drug-likeness (QED) is 0.522. The van der Waals surface area contributed by atoms with E-state index in [2.05, 4.69) is 75.7 Å².